The van der Waals surface area contributed by atoms with Crippen molar-refractivity contribution in [2.45, 2.75) is 6.42 Å². The minimum atomic E-state index is -0.342. The molecule has 1 atom stereocenters. The first kappa shape index (κ1) is 11.7. The van der Waals surface area contributed by atoms with Gasteiger partial charge in [-0.1, -0.05) is 18.2 Å². The predicted octanol–water partition coefficient (Wildman–Crippen LogP) is 2.34. The molecule has 3 nitrogen and oxygen atoms in total. The van der Waals surface area contributed by atoms with E-state index in [1.165, 1.54) is 18.8 Å². The molecule has 0 aromatic rings. The molecule has 1 unspecified atom stereocenters. The number of carbonyl (C=O) groups is 1. The molecule has 2 aliphatic rings. The first-order valence-electron chi connectivity index (χ1n) is 5.51. The highest BCUT2D eigenvalue weighted by Crippen LogP contribution is 2.36. The van der Waals surface area contributed by atoms with Crippen LogP contribution in [0, 0.1) is 12.3 Å². The van der Waals surface area contributed by atoms with Gasteiger partial charge in [-0.05, 0) is 18.1 Å². The fraction of sp³-hybridized carbons (Fsp3) is 0.286. The fourth-order valence-electron chi connectivity index (χ4n) is 2.07. The molecule has 3 heteroatoms. The minimum Gasteiger partial charge on any atom is -0.497 e. The van der Waals surface area contributed by atoms with E-state index in [1.807, 2.05) is 18.6 Å². The molecular weight excluding hydrogens is 216 g/mol. The second-order valence-corrected chi connectivity index (χ2v) is 3.96. The molecule has 89 valence electrons. The highest BCUT2D eigenvalue weighted by molar-refractivity contribution is 5.83. The molecular formula is C14H15O3. The third-order valence-corrected chi connectivity index (χ3v) is 2.94. The maximum Gasteiger partial charge on any atom is 0.330 e. The lowest BCUT2D eigenvalue weighted by atomic mass is 9.98. The van der Waals surface area contributed by atoms with E-state index in [-0.39, 0.29) is 11.9 Å². The van der Waals surface area contributed by atoms with Gasteiger partial charge in [0.2, 0.25) is 0 Å². The van der Waals surface area contributed by atoms with E-state index in [0.29, 0.717) is 0 Å². The Morgan fingerprint density at radius 2 is 2.29 bits per heavy atom. The monoisotopic (exact) mass is 231 g/mol. The second-order valence-electron chi connectivity index (χ2n) is 3.96. The molecule has 0 bridgehead atoms. The smallest absolute Gasteiger partial charge is 0.330 e. The number of carbonyl (C=O) groups excluding carboxylic acids is 1. The van der Waals surface area contributed by atoms with Crippen molar-refractivity contribution in [3.8, 4) is 0 Å². The molecule has 17 heavy (non-hydrogen) atoms. The van der Waals surface area contributed by atoms with Gasteiger partial charge < -0.3 is 9.47 Å². The van der Waals surface area contributed by atoms with Crippen LogP contribution in [0.15, 0.2) is 47.3 Å². The zero-order chi connectivity index (χ0) is 12.3. The summed E-state index contributed by atoms with van der Waals surface area (Å²) < 4.78 is 9.92. The van der Waals surface area contributed by atoms with Gasteiger partial charge in [0.25, 0.3) is 0 Å². The maximum absolute atomic E-state index is 11.2. The third-order valence-electron chi connectivity index (χ3n) is 2.94. The van der Waals surface area contributed by atoms with Crippen molar-refractivity contribution in [3.63, 3.8) is 0 Å². The van der Waals surface area contributed by atoms with E-state index in [2.05, 4.69) is 16.9 Å². The zero-order valence-corrected chi connectivity index (χ0v) is 9.97. The Morgan fingerprint density at radius 1 is 1.47 bits per heavy atom. The molecule has 0 fully saturated rings. The van der Waals surface area contributed by atoms with Gasteiger partial charge in [-0.25, -0.2) is 4.79 Å². The van der Waals surface area contributed by atoms with Gasteiger partial charge in [0.05, 0.1) is 14.2 Å². The molecule has 0 saturated carbocycles. The van der Waals surface area contributed by atoms with Gasteiger partial charge >= 0.3 is 5.97 Å². The van der Waals surface area contributed by atoms with Crippen molar-refractivity contribution in [1.29, 1.82) is 0 Å². The van der Waals surface area contributed by atoms with Crippen LogP contribution >= 0.6 is 0 Å². The van der Waals surface area contributed by atoms with E-state index in [0.717, 1.165) is 17.8 Å². The first-order chi connectivity index (χ1) is 8.24. The highest BCUT2D eigenvalue weighted by Gasteiger charge is 2.25. The van der Waals surface area contributed by atoms with E-state index in [9.17, 15) is 4.79 Å². The Balaban J connectivity index is 2.17. The van der Waals surface area contributed by atoms with E-state index < -0.39 is 0 Å². The molecule has 2 aliphatic carbocycles. The van der Waals surface area contributed by atoms with Crippen LogP contribution in [-0.4, -0.2) is 20.2 Å². The number of ether oxygens (including phenoxy) is 2. The highest BCUT2D eigenvalue weighted by atomic mass is 16.5. The third kappa shape index (κ3) is 2.49. The van der Waals surface area contributed by atoms with Crippen molar-refractivity contribution in [2.75, 3.05) is 14.2 Å². The second kappa shape index (κ2) is 5.04. The standard InChI is InChI=1S/C14H15O3/c1-16-13-8-11(10-5-3-4-6-10)7-12(13)9-14(15)17-2/h3-6,8-9,11H,7H2,1-2H3/b12-9+. The largest absolute Gasteiger partial charge is 0.497 e. The van der Waals surface area contributed by atoms with Crippen molar-refractivity contribution in [2.24, 2.45) is 5.92 Å². The lowest BCUT2D eigenvalue weighted by molar-refractivity contribution is -0.134. The summed E-state index contributed by atoms with van der Waals surface area (Å²) in [6.07, 6.45) is 12.5. The van der Waals surface area contributed by atoms with E-state index in [4.69, 9.17) is 4.74 Å². The Morgan fingerprint density at radius 3 is 2.88 bits per heavy atom. The van der Waals surface area contributed by atoms with Crippen LogP contribution < -0.4 is 0 Å². The Kier molecular flexibility index (Phi) is 3.47. The van der Waals surface area contributed by atoms with Crippen molar-refractivity contribution in [1.82, 2.24) is 0 Å². The molecule has 0 spiro atoms. The Bertz CT molecular complexity index is 438. The summed E-state index contributed by atoms with van der Waals surface area (Å²) >= 11 is 0. The van der Waals surface area contributed by atoms with Gasteiger partial charge in [-0.3, -0.25) is 0 Å². The summed E-state index contributed by atoms with van der Waals surface area (Å²) in [7, 11) is 2.99. The predicted molar refractivity (Wildman–Crippen MR) is 64.8 cm³/mol. The lowest BCUT2D eigenvalue weighted by Crippen LogP contribution is -1.99. The number of hydrogen-bond acceptors (Lipinski definition) is 3. The molecule has 0 heterocycles. The number of rotatable bonds is 3. The van der Waals surface area contributed by atoms with Crippen LogP contribution in [0.1, 0.15) is 6.42 Å². The number of esters is 1. The van der Waals surface area contributed by atoms with Gasteiger partial charge in [0, 0.05) is 24.0 Å². The summed E-state index contributed by atoms with van der Waals surface area (Å²) in [5.74, 6) is 0.712. The Labute approximate surface area is 101 Å². The molecule has 0 amide bonds. The summed E-state index contributed by atoms with van der Waals surface area (Å²) in [5, 5.41) is 0. The van der Waals surface area contributed by atoms with Crippen LogP contribution in [0.2, 0.25) is 0 Å². The molecule has 0 N–H and O–H groups in total. The maximum atomic E-state index is 11.2. The summed E-state index contributed by atoms with van der Waals surface area (Å²) in [4.78, 5) is 11.2. The lowest BCUT2D eigenvalue weighted by Gasteiger charge is -2.06. The molecule has 0 saturated heterocycles. The minimum absolute atomic E-state index is 0.288. The molecule has 2 rings (SSSR count). The average Bonchev–Trinajstić information content (AvgIpc) is 2.96. The van der Waals surface area contributed by atoms with Crippen molar-refractivity contribution in [3.05, 3.63) is 53.7 Å². The van der Waals surface area contributed by atoms with Crippen LogP contribution in [0.25, 0.3) is 0 Å². The van der Waals surface area contributed by atoms with Crippen LogP contribution in [0.3, 0.4) is 0 Å². The van der Waals surface area contributed by atoms with Crippen LogP contribution in [-0.2, 0) is 14.3 Å². The molecule has 0 aromatic carbocycles. The van der Waals surface area contributed by atoms with Gasteiger partial charge in [0.1, 0.15) is 5.76 Å². The summed E-state index contributed by atoms with van der Waals surface area (Å²) in [6, 6.07) is 0. The average molecular weight is 231 g/mol. The fourth-order valence-corrected chi connectivity index (χ4v) is 2.07. The Hall–Kier alpha value is -1.77. The summed E-state index contributed by atoms with van der Waals surface area (Å²) in [6.45, 7) is 0. The van der Waals surface area contributed by atoms with Crippen LogP contribution in [0.4, 0.5) is 0 Å². The van der Waals surface area contributed by atoms with E-state index in [1.54, 1.807) is 7.11 Å². The number of allylic oxidation sites excluding steroid dienone is 6. The number of hydrogen-bond donors (Lipinski definition) is 0. The SMILES string of the molecule is COC(=O)/C=C1\CC(C2=C[CH]C=C2)C=C1OC. The van der Waals surface area contributed by atoms with Crippen molar-refractivity contribution >= 4 is 5.97 Å². The zero-order valence-electron chi connectivity index (χ0n) is 9.97. The summed E-state index contributed by atoms with van der Waals surface area (Å²) in [5.41, 5.74) is 2.14. The molecule has 0 aromatic heterocycles. The van der Waals surface area contributed by atoms with Crippen molar-refractivity contribution < 1.29 is 14.3 Å². The normalized spacial score (nSPS) is 24.8. The topological polar surface area (TPSA) is 35.5 Å². The van der Waals surface area contributed by atoms with Gasteiger partial charge in [-0.15, -0.1) is 0 Å². The quantitative estimate of drug-likeness (QED) is 0.552. The first-order valence-corrected chi connectivity index (χ1v) is 5.51. The molecule has 1 radical (unpaired) electrons. The number of methoxy groups -OCH3 is 2. The van der Waals surface area contributed by atoms with E-state index >= 15 is 0 Å². The van der Waals surface area contributed by atoms with Gasteiger partial charge in [0.15, 0.2) is 0 Å². The van der Waals surface area contributed by atoms with Gasteiger partial charge in [-0.2, -0.15) is 0 Å². The van der Waals surface area contributed by atoms with Crippen LogP contribution in [0.5, 0.6) is 0 Å². The molecule has 0 aliphatic heterocycles.